The summed E-state index contributed by atoms with van der Waals surface area (Å²) in [6, 6.07) is 1.79. The Bertz CT molecular complexity index is 743. The molecule has 124 valence electrons. The Morgan fingerprint density at radius 2 is 1.26 bits per heavy atom. The van der Waals surface area contributed by atoms with Crippen LogP contribution in [-0.2, 0) is 0 Å². The molecule has 0 saturated carbocycles. The van der Waals surface area contributed by atoms with E-state index in [1.54, 1.807) is 0 Å². The van der Waals surface area contributed by atoms with E-state index in [1.165, 1.54) is 0 Å². The first-order valence-corrected chi connectivity index (χ1v) is 5.98. The van der Waals surface area contributed by atoms with Crippen LogP contribution in [0.5, 0.6) is 5.75 Å². The van der Waals surface area contributed by atoms with Crippen LogP contribution in [0.15, 0.2) is 18.2 Å². The molecule has 0 aromatic heterocycles. The third-order valence-electron chi connectivity index (χ3n) is 2.65. The van der Waals surface area contributed by atoms with Crippen LogP contribution in [0.4, 0.5) is 35.1 Å². The summed E-state index contributed by atoms with van der Waals surface area (Å²) in [5.74, 6) is -11.9. The minimum atomic E-state index is -5.05. The van der Waals surface area contributed by atoms with Crippen LogP contribution in [0.2, 0.25) is 5.02 Å². The average molecular weight is 363 g/mol. The molecule has 0 aliphatic heterocycles. The van der Waals surface area contributed by atoms with Crippen LogP contribution >= 0.6 is 11.6 Å². The molecule has 0 bridgehead atoms. The lowest BCUT2D eigenvalue weighted by molar-refractivity contribution is -0.274. The second kappa shape index (κ2) is 5.88. The number of ether oxygens (including phenoxy) is 1. The van der Waals surface area contributed by atoms with Crippen molar-refractivity contribution in [2.75, 3.05) is 0 Å². The average Bonchev–Trinajstić information content (AvgIpc) is 2.44. The zero-order valence-electron chi connectivity index (χ0n) is 10.5. The van der Waals surface area contributed by atoms with Crippen LogP contribution in [0, 0.1) is 29.1 Å². The molecule has 23 heavy (non-hydrogen) atoms. The van der Waals surface area contributed by atoms with Crippen molar-refractivity contribution in [3.63, 3.8) is 0 Å². The number of halogens is 9. The first-order chi connectivity index (χ1) is 10.5. The Balaban J connectivity index is 2.60. The fourth-order valence-corrected chi connectivity index (χ4v) is 2.00. The molecule has 2 aromatic carbocycles. The normalized spacial score (nSPS) is 11.7. The van der Waals surface area contributed by atoms with Gasteiger partial charge in [0, 0.05) is 5.56 Å². The molecule has 0 radical (unpaired) electrons. The largest absolute Gasteiger partial charge is 0.573 e. The maximum absolute atomic E-state index is 13.6. The van der Waals surface area contributed by atoms with Crippen LogP contribution in [0.25, 0.3) is 11.1 Å². The van der Waals surface area contributed by atoms with E-state index in [9.17, 15) is 35.1 Å². The Morgan fingerprint density at radius 1 is 0.783 bits per heavy atom. The standard InChI is InChI=1S/C13H3ClF8O/c14-6-3-4(23-13(20,21)22)1-2-5(6)7-8(15)10(17)12(19)11(18)9(7)16/h1-3H. The lowest BCUT2D eigenvalue weighted by atomic mass is 10.0. The van der Waals surface area contributed by atoms with Crippen LogP contribution in [0.1, 0.15) is 0 Å². The van der Waals surface area contributed by atoms with E-state index in [0.29, 0.717) is 18.2 Å². The van der Waals surface area contributed by atoms with Crippen LogP contribution in [-0.4, -0.2) is 6.36 Å². The Labute approximate surface area is 128 Å². The SMILES string of the molecule is Fc1c(F)c(F)c(-c2ccc(OC(F)(F)F)cc2Cl)c(F)c1F. The van der Waals surface area contributed by atoms with E-state index in [-0.39, 0.29) is 0 Å². The van der Waals surface area contributed by atoms with Gasteiger partial charge in [-0.3, -0.25) is 0 Å². The van der Waals surface area contributed by atoms with Crippen LogP contribution in [0.3, 0.4) is 0 Å². The first kappa shape index (κ1) is 17.3. The molecule has 0 heterocycles. The monoisotopic (exact) mass is 362 g/mol. The smallest absolute Gasteiger partial charge is 0.406 e. The van der Waals surface area contributed by atoms with Gasteiger partial charge in [-0.15, -0.1) is 13.2 Å². The summed E-state index contributed by atoms with van der Waals surface area (Å²) in [6.45, 7) is 0. The lowest BCUT2D eigenvalue weighted by Gasteiger charge is -2.12. The molecule has 0 unspecified atom stereocenters. The highest BCUT2D eigenvalue weighted by atomic mass is 35.5. The highest BCUT2D eigenvalue weighted by Crippen LogP contribution is 2.38. The highest BCUT2D eigenvalue weighted by Gasteiger charge is 2.32. The number of hydrogen-bond donors (Lipinski definition) is 0. The van der Waals surface area contributed by atoms with Gasteiger partial charge in [-0.1, -0.05) is 11.6 Å². The predicted molar refractivity (Wildman–Crippen MR) is 63.4 cm³/mol. The third-order valence-corrected chi connectivity index (χ3v) is 2.97. The zero-order chi connectivity index (χ0) is 17.5. The van der Waals surface area contributed by atoms with Crippen molar-refractivity contribution < 1.29 is 39.9 Å². The Kier molecular flexibility index (Phi) is 4.43. The minimum Gasteiger partial charge on any atom is -0.406 e. The van der Waals surface area contributed by atoms with Crippen LogP contribution < -0.4 is 4.74 Å². The number of hydrogen-bond acceptors (Lipinski definition) is 1. The summed E-state index contributed by atoms with van der Waals surface area (Å²) in [4.78, 5) is 0. The second-order valence-electron chi connectivity index (χ2n) is 4.13. The summed E-state index contributed by atoms with van der Waals surface area (Å²) in [7, 11) is 0. The van der Waals surface area contributed by atoms with Crippen molar-refractivity contribution in [1.82, 2.24) is 0 Å². The van der Waals surface area contributed by atoms with Gasteiger partial charge < -0.3 is 4.74 Å². The van der Waals surface area contributed by atoms with Gasteiger partial charge in [0.1, 0.15) is 5.75 Å². The minimum absolute atomic E-state index is 0.530. The Morgan fingerprint density at radius 3 is 1.70 bits per heavy atom. The molecule has 0 amide bonds. The molecule has 0 saturated heterocycles. The molecule has 2 aromatic rings. The van der Waals surface area contributed by atoms with E-state index in [0.717, 1.165) is 0 Å². The van der Waals surface area contributed by atoms with E-state index < -0.39 is 57.3 Å². The van der Waals surface area contributed by atoms with Gasteiger partial charge in [0.25, 0.3) is 0 Å². The molecule has 0 spiro atoms. The summed E-state index contributed by atoms with van der Waals surface area (Å²) in [5.41, 5.74) is -2.04. The van der Waals surface area contributed by atoms with Gasteiger partial charge in [-0.05, 0) is 18.2 Å². The summed E-state index contributed by atoms with van der Waals surface area (Å²) >= 11 is 5.56. The van der Waals surface area contributed by atoms with E-state index >= 15 is 0 Å². The predicted octanol–water partition coefficient (Wildman–Crippen LogP) is 5.60. The van der Waals surface area contributed by atoms with Gasteiger partial charge in [-0.25, -0.2) is 22.0 Å². The lowest BCUT2D eigenvalue weighted by Crippen LogP contribution is -2.17. The van der Waals surface area contributed by atoms with Crippen molar-refractivity contribution in [3.05, 3.63) is 52.3 Å². The van der Waals surface area contributed by atoms with Crippen molar-refractivity contribution in [1.29, 1.82) is 0 Å². The number of benzene rings is 2. The molecule has 10 heteroatoms. The van der Waals surface area contributed by atoms with Crippen molar-refractivity contribution >= 4 is 11.6 Å². The fourth-order valence-electron chi connectivity index (χ4n) is 1.74. The molecule has 0 N–H and O–H groups in total. The van der Waals surface area contributed by atoms with E-state index in [2.05, 4.69) is 4.74 Å². The van der Waals surface area contributed by atoms with Crippen molar-refractivity contribution in [2.24, 2.45) is 0 Å². The molecule has 0 fully saturated rings. The number of alkyl halides is 3. The van der Waals surface area contributed by atoms with Gasteiger partial charge in [-0.2, -0.15) is 0 Å². The molecule has 1 nitrogen and oxygen atoms in total. The van der Waals surface area contributed by atoms with Gasteiger partial charge in [0.05, 0.1) is 10.6 Å². The fraction of sp³-hybridized carbons (Fsp3) is 0.0769. The summed E-state index contributed by atoms with van der Waals surface area (Å²) < 4.78 is 106. The van der Waals surface area contributed by atoms with Crippen molar-refractivity contribution in [3.8, 4) is 16.9 Å². The quantitative estimate of drug-likeness (QED) is 0.384. The third kappa shape index (κ3) is 3.34. The molecule has 2 rings (SSSR count). The maximum Gasteiger partial charge on any atom is 0.573 e. The van der Waals surface area contributed by atoms with E-state index in [1.807, 2.05) is 0 Å². The molecule has 0 aliphatic rings. The van der Waals surface area contributed by atoms with Gasteiger partial charge >= 0.3 is 6.36 Å². The molecule has 0 atom stereocenters. The first-order valence-electron chi connectivity index (χ1n) is 5.60. The topological polar surface area (TPSA) is 9.23 Å². The number of rotatable bonds is 2. The maximum atomic E-state index is 13.6. The van der Waals surface area contributed by atoms with E-state index in [4.69, 9.17) is 11.6 Å². The Hall–Kier alpha value is -2.03. The highest BCUT2D eigenvalue weighted by molar-refractivity contribution is 6.33. The van der Waals surface area contributed by atoms with Gasteiger partial charge in [0.2, 0.25) is 5.82 Å². The van der Waals surface area contributed by atoms with Gasteiger partial charge in [0.15, 0.2) is 23.3 Å². The summed E-state index contributed by atoms with van der Waals surface area (Å²) in [6.07, 6.45) is -5.05. The molecular weight excluding hydrogens is 360 g/mol. The molecule has 0 aliphatic carbocycles. The molecular formula is C13H3ClF8O. The summed E-state index contributed by atoms with van der Waals surface area (Å²) in [5, 5.41) is -0.699. The van der Waals surface area contributed by atoms with Crippen molar-refractivity contribution in [2.45, 2.75) is 6.36 Å². The zero-order valence-corrected chi connectivity index (χ0v) is 11.3. The second-order valence-corrected chi connectivity index (χ2v) is 4.54.